The average molecular weight is 294 g/mol. The summed E-state index contributed by atoms with van der Waals surface area (Å²) in [5.74, 6) is 3.82. The predicted molar refractivity (Wildman–Crippen MR) is 75.8 cm³/mol. The summed E-state index contributed by atoms with van der Waals surface area (Å²) in [4.78, 5) is 0. The van der Waals surface area contributed by atoms with Crippen molar-refractivity contribution in [1.29, 1.82) is 0 Å². The molecule has 2 rings (SSSR count). The van der Waals surface area contributed by atoms with Crippen LogP contribution in [0.4, 0.5) is 13.2 Å². The molecule has 5 heteroatoms. The second-order valence-electron chi connectivity index (χ2n) is 5.46. The van der Waals surface area contributed by atoms with Crippen LogP contribution in [0.1, 0.15) is 31.0 Å². The molecule has 1 unspecified atom stereocenters. The minimum atomic E-state index is -0.802. The minimum Gasteiger partial charge on any atom is -0.271 e. The van der Waals surface area contributed by atoms with Crippen LogP contribution in [0.2, 0.25) is 0 Å². The van der Waals surface area contributed by atoms with Crippen molar-refractivity contribution in [1.82, 2.24) is 5.43 Å². The summed E-state index contributed by atoms with van der Waals surface area (Å²) in [5, 5.41) is 0. The number of benzene rings is 2. The Morgan fingerprint density at radius 1 is 0.952 bits per heavy atom. The fourth-order valence-corrected chi connectivity index (χ4v) is 2.49. The van der Waals surface area contributed by atoms with Gasteiger partial charge < -0.3 is 0 Å². The number of hydrogen-bond acceptors (Lipinski definition) is 2. The molecule has 0 heterocycles. The molecule has 2 aromatic rings. The van der Waals surface area contributed by atoms with Crippen molar-refractivity contribution in [3.8, 4) is 0 Å². The number of nitrogens with two attached hydrogens (primary N) is 1. The van der Waals surface area contributed by atoms with Gasteiger partial charge in [-0.2, -0.15) is 0 Å². The Balaban J connectivity index is 2.51. The van der Waals surface area contributed by atoms with Gasteiger partial charge in [0.1, 0.15) is 17.5 Å². The molecule has 0 saturated carbocycles. The second kappa shape index (κ2) is 5.87. The monoisotopic (exact) mass is 294 g/mol. The summed E-state index contributed by atoms with van der Waals surface area (Å²) in [5.41, 5.74) is 2.32. The van der Waals surface area contributed by atoms with E-state index in [1.165, 1.54) is 30.3 Å². The lowest BCUT2D eigenvalue weighted by atomic mass is 9.75. The van der Waals surface area contributed by atoms with Crippen LogP contribution in [-0.2, 0) is 5.41 Å². The SMILES string of the molecule is CC(C)(c1ccc(F)cc1)C(NN)c1c(F)cccc1F. The first-order valence-electron chi connectivity index (χ1n) is 6.54. The zero-order valence-electron chi connectivity index (χ0n) is 11.8. The van der Waals surface area contributed by atoms with Gasteiger partial charge in [0.25, 0.3) is 0 Å². The molecule has 0 fully saturated rings. The van der Waals surface area contributed by atoms with Crippen LogP contribution in [0.25, 0.3) is 0 Å². The lowest BCUT2D eigenvalue weighted by molar-refractivity contribution is 0.331. The quantitative estimate of drug-likeness (QED) is 0.668. The van der Waals surface area contributed by atoms with E-state index in [4.69, 9.17) is 5.84 Å². The van der Waals surface area contributed by atoms with E-state index in [1.54, 1.807) is 26.0 Å². The van der Waals surface area contributed by atoms with Gasteiger partial charge in [0.05, 0.1) is 6.04 Å². The summed E-state index contributed by atoms with van der Waals surface area (Å²) in [6.07, 6.45) is 0. The maximum atomic E-state index is 14.0. The molecular weight excluding hydrogens is 277 g/mol. The lowest BCUT2D eigenvalue weighted by Gasteiger charge is -2.35. The Bertz CT molecular complexity index is 604. The number of hydrogen-bond donors (Lipinski definition) is 2. The largest absolute Gasteiger partial charge is 0.271 e. The fraction of sp³-hybridized carbons (Fsp3) is 0.250. The van der Waals surface area contributed by atoms with Crippen LogP contribution < -0.4 is 11.3 Å². The Morgan fingerprint density at radius 2 is 1.48 bits per heavy atom. The van der Waals surface area contributed by atoms with Gasteiger partial charge in [-0.25, -0.2) is 13.2 Å². The molecule has 21 heavy (non-hydrogen) atoms. The number of hydrazine groups is 1. The van der Waals surface area contributed by atoms with E-state index in [0.717, 1.165) is 5.56 Å². The van der Waals surface area contributed by atoms with Crippen LogP contribution in [0.5, 0.6) is 0 Å². The first-order chi connectivity index (χ1) is 9.87. The first-order valence-corrected chi connectivity index (χ1v) is 6.54. The van der Waals surface area contributed by atoms with Gasteiger partial charge in [-0.05, 0) is 29.8 Å². The Hall–Kier alpha value is -1.85. The van der Waals surface area contributed by atoms with E-state index in [-0.39, 0.29) is 11.4 Å². The highest BCUT2D eigenvalue weighted by atomic mass is 19.1. The third-order valence-electron chi connectivity index (χ3n) is 3.76. The maximum absolute atomic E-state index is 14.0. The lowest BCUT2D eigenvalue weighted by Crippen LogP contribution is -2.42. The summed E-state index contributed by atoms with van der Waals surface area (Å²) in [6.45, 7) is 3.58. The predicted octanol–water partition coefficient (Wildman–Crippen LogP) is 3.59. The maximum Gasteiger partial charge on any atom is 0.131 e. The molecule has 0 amide bonds. The van der Waals surface area contributed by atoms with Crippen LogP contribution in [-0.4, -0.2) is 0 Å². The summed E-state index contributed by atoms with van der Waals surface area (Å²) >= 11 is 0. The highest BCUT2D eigenvalue weighted by Crippen LogP contribution is 2.38. The molecule has 0 aliphatic heterocycles. The van der Waals surface area contributed by atoms with Gasteiger partial charge in [0.15, 0.2) is 0 Å². The Labute approximate surface area is 121 Å². The zero-order chi connectivity index (χ0) is 15.6. The Morgan fingerprint density at radius 3 is 1.95 bits per heavy atom. The van der Waals surface area contributed by atoms with E-state index in [0.29, 0.717) is 0 Å². The number of nitrogens with one attached hydrogen (secondary N) is 1. The van der Waals surface area contributed by atoms with Gasteiger partial charge in [-0.3, -0.25) is 11.3 Å². The van der Waals surface area contributed by atoms with Crippen molar-refractivity contribution in [3.63, 3.8) is 0 Å². The highest BCUT2D eigenvalue weighted by Gasteiger charge is 2.35. The van der Waals surface area contributed by atoms with Crippen molar-refractivity contribution < 1.29 is 13.2 Å². The van der Waals surface area contributed by atoms with Crippen molar-refractivity contribution in [3.05, 3.63) is 71.0 Å². The van der Waals surface area contributed by atoms with E-state index in [9.17, 15) is 13.2 Å². The van der Waals surface area contributed by atoms with Crippen molar-refractivity contribution >= 4 is 0 Å². The van der Waals surface area contributed by atoms with E-state index < -0.39 is 23.1 Å². The van der Waals surface area contributed by atoms with Crippen LogP contribution in [0, 0.1) is 17.5 Å². The van der Waals surface area contributed by atoms with E-state index in [2.05, 4.69) is 5.43 Å². The van der Waals surface area contributed by atoms with Crippen LogP contribution >= 0.6 is 0 Å². The topological polar surface area (TPSA) is 38.0 Å². The molecular formula is C16H17F3N2. The summed E-state index contributed by atoms with van der Waals surface area (Å²) < 4.78 is 41.1. The van der Waals surface area contributed by atoms with Gasteiger partial charge in [0.2, 0.25) is 0 Å². The molecule has 0 bridgehead atoms. The molecule has 0 aliphatic carbocycles. The summed E-state index contributed by atoms with van der Waals surface area (Å²) in [7, 11) is 0. The van der Waals surface area contributed by atoms with Crippen molar-refractivity contribution in [2.24, 2.45) is 5.84 Å². The number of halogens is 3. The second-order valence-corrected chi connectivity index (χ2v) is 5.46. The average Bonchev–Trinajstić information content (AvgIpc) is 2.43. The molecule has 112 valence electrons. The van der Waals surface area contributed by atoms with Crippen LogP contribution in [0.3, 0.4) is 0 Å². The molecule has 1 atom stereocenters. The van der Waals surface area contributed by atoms with Crippen molar-refractivity contribution in [2.45, 2.75) is 25.3 Å². The molecule has 0 aliphatic rings. The number of rotatable bonds is 4. The molecule has 0 aromatic heterocycles. The molecule has 0 saturated heterocycles. The zero-order valence-corrected chi connectivity index (χ0v) is 11.8. The fourth-order valence-electron chi connectivity index (χ4n) is 2.49. The van der Waals surface area contributed by atoms with E-state index >= 15 is 0 Å². The van der Waals surface area contributed by atoms with Gasteiger partial charge >= 0.3 is 0 Å². The third kappa shape index (κ3) is 2.94. The Kier molecular flexibility index (Phi) is 4.34. The third-order valence-corrected chi connectivity index (χ3v) is 3.76. The highest BCUT2D eigenvalue weighted by molar-refractivity contribution is 5.33. The van der Waals surface area contributed by atoms with Crippen LogP contribution in [0.15, 0.2) is 42.5 Å². The smallest absolute Gasteiger partial charge is 0.131 e. The summed E-state index contributed by atoms with van der Waals surface area (Å²) in [6, 6.07) is 8.64. The molecule has 2 aromatic carbocycles. The van der Waals surface area contributed by atoms with E-state index in [1.807, 2.05) is 0 Å². The molecule has 0 radical (unpaired) electrons. The van der Waals surface area contributed by atoms with Gasteiger partial charge in [-0.15, -0.1) is 0 Å². The molecule has 0 spiro atoms. The van der Waals surface area contributed by atoms with Crippen molar-refractivity contribution in [2.75, 3.05) is 0 Å². The first kappa shape index (κ1) is 15.5. The van der Waals surface area contributed by atoms with Gasteiger partial charge in [0, 0.05) is 11.0 Å². The molecule has 2 nitrogen and oxygen atoms in total. The minimum absolute atomic E-state index is 0.130. The molecule has 3 N–H and O–H groups in total. The van der Waals surface area contributed by atoms with Gasteiger partial charge in [-0.1, -0.05) is 32.0 Å². The standard InChI is InChI=1S/C16H17F3N2/c1-16(2,10-6-8-11(17)9-7-10)15(21-20)14-12(18)4-3-5-13(14)19/h3-9,15,21H,20H2,1-2H3. The normalized spacial score (nSPS) is 13.2.